The molecule has 4 rings (SSSR count). The first kappa shape index (κ1) is 17.6. The molecule has 0 spiro atoms. The van der Waals surface area contributed by atoms with Crippen molar-refractivity contribution in [2.75, 3.05) is 19.7 Å². The standard InChI is InChI=1S/C22H23NO4/c1-14-7-9-23(10-8-14)20(24)13-26-16-11-15(2)21-17-5-3-4-6-18(17)22(25)27-19(21)12-16/h3-6,11-12,14H,7-10,13H2,1-2H3. The van der Waals surface area contributed by atoms with E-state index < -0.39 is 0 Å². The van der Waals surface area contributed by atoms with Gasteiger partial charge in [0, 0.05) is 29.9 Å². The number of piperidine rings is 1. The van der Waals surface area contributed by atoms with Crippen LogP contribution in [0.4, 0.5) is 0 Å². The normalized spacial score (nSPS) is 15.4. The van der Waals surface area contributed by atoms with Crippen molar-refractivity contribution in [2.45, 2.75) is 26.7 Å². The lowest BCUT2D eigenvalue weighted by Crippen LogP contribution is -2.40. The summed E-state index contributed by atoms with van der Waals surface area (Å²) >= 11 is 0. The molecular weight excluding hydrogens is 342 g/mol. The molecule has 5 nitrogen and oxygen atoms in total. The molecular formula is C22H23NO4. The molecule has 0 N–H and O–H groups in total. The number of hydrogen-bond acceptors (Lipinski definition) is 4. The largest absolute Gasteiger partial charge is 0.484 e. The van der Waals surface area contributed by atoms with Crippen LogP contribution in [0.5, 0.6) is 5.75 Å². The van der Waals surface area contributed by atoms with Crippen molar-refractivity contribution in [1.82, 2.24) is 4.90 Å². The fourth-order valence-corrected chi connectivity index (χ4v) is 3.76. The van der Waals surface area contributed by atoms with Crippen molar-refractivity contribution in [1.29, 1.82) is 0 Å². The number of carbonyl (C=O) groups is 1. The second kappa shape index (κ2) is 7.06. The first-order chi connectivity index (χ1) is 13.0. The highest BCUT2D eigenvalue weighted by Crippen LogP contribution is 2.30. The molecule has 1 amide bonds. The average Bonchev–Trinajstić information content (AvgIpc) is 2.66. The van der Waals surface area contributed by atoms with Gasteiger partial charge < -0.3 is 14.1 Å². The molecule has 1 fully saturated rings. The van der Waals surface area contributed by atoms with Gasteiger partial charge >= 0.3 is 5.63 Å². The number of likely N-dealkylation sites (tertiary alicyclic amines) is 1. The Bertz CT molecular complexity index is 1060. The molecule has 2 heterocycles. The number of ether oxygens (including phenoxy) is 1. The van der Waals surface area contributed by atoms with Crippen LogP contribution in [0.3, 0.4) is 0 Å². The third-order valence-corrected chi connectivity index (χ3v) is 5.39. The van der Waals surface area contributed by atoms with Gasteiger partial charge in [-0.15, -0.1) is 0 Å². The van der Waals surface area contributed by atoms with E-state index in [0.29, 0.717) is 22.6 Å². The smallest absolute Gasteiger partial charge is 0.344 e. The van der Waals surface area contributed by atoms with E-state index in [1.807, 2.05) is 36.1 Å². The minimum Gasteiger partial charge on any atom is -0.484 e. The summed E-state index contributed by atoms with van der Waals surface area (Å²) in [7, 11) is 0. The molecule has 0 bridgehead atoms. The maximum Gasteiger partial charge on any atom is 0.344 e. The van der Waals surface area contributed by atoms with E-state index in [0.717, 1.165) is 42.3 Å². The number of fused-ring (bicyclic) bond motifs is 3. The molecule has 1 saturated heterocycles. The van der Waals surface area contributed by atoms with Crippen LogP contribution in [0.2, 0.25) is 0 Å². The molecule has 1 aliphatic heterocycles. The Morgan fingerprint density at radius 2 is 1.89 bits per heavy atom. The van der Waals surface area contributed by atoms with Crippen LogP contribution in [0, 0.1) is 12.8 Å². The van der Waals surface area contributed by atoms with Gasteiger partial charge in [0.2, 0.25) is 0 Å². The number of carbonyl (C=O) groups excluding carboxylic acids is 1. The van der Waals surface area contributed by atoms with Crippen LogP contribution >= 0.6 is 0 Å². The number of rotatable bonds is 3. The first-order valence-corrected chi connectivity index (χ1v) is 9.39. The molecule has 1 aromatic heterocycles. The lowest BCUT2D eigenvalue weighted by atomic mass is 9.99. The Labute approximate surface area is 157 Å². The van der Waals surface area contributed by atoms with Crippen LogP contribution in [-0.4, -0.2) is 30.5 Å². The summed E-state index contributed by atoms with van der Waals surface area (Å²) in [5, 5.41) is 2.33. The molecule has 0 aliphatic carbocycles. The van der Waals surface area contributed by atoms with Crippen LogP contribution in [-0.2, 0) is 4.79 Å². The molecule has 3 aromatic rings. The summed E-state index contributed by atoms with van der Waals surface area (Å²) in [6.45, 7) is 5.75. The minimum absolute atomic E-state index is 0.000357. The van der Waals surface area contributed by atoms with Crippen molar-refractivity contribution < 1.29 is 13.9 Å². The van der Waals surface area contributed by atoms with Gasteiger partial charge in [-0.1, -0.05) is 25.1 Å². The molecule has 2 aromatic carbocycles. The first-order valence-electron chi connectivity index (χ1n) is 9.39. The van der Waals surface area contributed by atoms with E-state index in [-0.39, 0.29) is 18.1 Å². The topological polar surface area (TPSA) is 59.8 Å². The highest BCUT2D eigenvalue weighted by atomic mass is 16.5. The molecule has 0 radical (unpaired) electrons. The molecule has 0 unspecified atom stereocenters. The van der Waals surface area contributed by atoms with E-state index in [4.69, 9.17) is 9.15 Å². The Morgan fingerprint density at radius 1 is 1.19 bits per heavy atom. The van der Waals surface area contributed by atoms with Crippen LogP contribution in [0.25, 0.3) is 21.7 Å². The summed E-state index contributed by atoms with van der Waals surface area (Å²) in [5.41, 5.74) is 1.06. The maximum atomic E-state index is 12.4. The fraction of sp³-hybridized carbons (Fsp3) is 0.364. The zero-order valence-corrected chi connectivity index (χ0v) is 15.7. The molecule has 0 atom stereocenters. The maximum absolute atomic E-state index is 12.4. The van der Waals surface area contributed by atoms with Crippen LogP contribution in [0.15, 0.2) is 45.6 Å². The Morgan fingerprint density at radius 3 is 2.63 bits per heavy atom. The molecule has 1 aliphatic rings. The second-order valence-corrected chi connectivity index (χ2v) is 7.40. The highest BCUT2D eigenvalue weighted by molar-refractivity contribution is 6.06. The van der Waals surface area contributed by atoms with E-state index in [2.05, 4.69) is 6.92 Å². The summed E-state index contributed by atoms with van der Waals surface area (Å²) in [4.78, 5) is 26.5. The Balaban J connectivity index is 1.59. The van der Waals surface area contributed by atoms with Gasteiger partial charge in [-0.25, -0.2) is 4.79 Å². The van der Waals surface area contributed by atoms with Gasteiger partial charge in [0.1, 0.15) is 11.3 Å². The summed E-state index contributed by atoms with van der Waals surface area (Å²) in [6.07, 6.45) is 2.08. The quantitative estimate of drug-likeness (QED) is 0.522. The van der Waals surface area contributed by atoms with E-state index >= 15 is 0 Å². The van der Waals surface area contributed by atoms with E-state index in [1.165, 1.54) is 0 Å². The third-order valence-electron chi connectivity index (χ3n) is 5.39. The predicted octanol–water partition coefficient (Wildman–Crippen LogP) is 3.89. The Kier molecular flexibility index (Phi) is 4.60. The second-order valence-electron chi connectivity index (χ2n) is 7.40. The highest BCUT2D eigenvalue weighted by Gasteiger charge is 2.20. The molecule has 5 heteroatoms. The third kappa shape index (κ3) is 3.42. The van der Waals surface area contributed by atoms with Gasteiger partial charge in [0.05, 0.1) is 5.39 Å². The molecule has 140 valence electrons. The zero-order chi connectivity index (χ0) is 19.0. The van der Waals surface area contributed by atoms with Gasteiger partial charge in [-0.3, -0.25) is 4.79 Å². The van der Waals surface area contributed by atoms with E-state index in [9.17, 15) is 9.59 Å². The number of amides is 1. The Hall–Kier alpha value is -2.82. The van der Waals surface area contributed by atoms with Crippen LogP contribution < -0.4 is 10.4 Å². The van der Waals surface area contributed by atoms with Crippen LogP contribution in [0.1, 0.15) is 25.3 Å². The van der Waals surface area contributed by atoms with Gasteiger partial charge in [-0.05, 0) is 43.4 Å². The number of hydrogen-bond donors (Lipinski definition) is 0. The van der Waals surface area contributed by atoms with Gasteiger partial charge in [0.25, 0.3) is 5.91 Å². The lowest BCUT2D eigenvalue weighted by molar-refractivity contribution is -0.134. The predicted molar refractivity (Wildman–Crippen MR) is 105 cm³/mol. The molecule has 0 saturated carbocycles. The van der Waals surface area contributed by atoms with Crippen molar-refractivity contribution in [3.63, 3.8) is 0 Å². The van der Waals surface area contributed by atoms with Crippen molar-refractivity contribution >= 4 is 27.6 Å². The van der Waals surface area contributed by atoms with Gasteiger partial charge in [-0.2, -0.15) is 0 Å². The summed E-state index contributed by atoms with van der Waals surface area (Å²) in [5.74, 6) is 1.22. The molecule has 27 heavy (non-hydrogen) atoms. The van der Waals surface area contributed by atoms with Crippen molar-refractivity contribution in [3.8, 4) is 5.75 Å². The van der Waals surface area contributed by atoms with Gasteiger partial charge in [0.15, 0.2) is 6.61 Å². The fourth-order valence-electron chi connectivity index (χ4n) is 3.76. The van der Waals surface area contributed by atoms with E-state index in [1.54, 1.807) is 12.1 Å². The van der Waals surface area contributed by atoms with Crippen molar-refractivity contribution in [3.05, 3.63) is 52.4 Å². The minimum atomic E-state index is -0.367. The SMILES string of the molecule is Cc1cc(OCC(=O)N2CCC(C)CC2)cc2oc(=O)c3ccccc3c12. The summed E-state index contributed by atoms with van der Waals surface area (Å²) in [6, 6.07) is 11.0. The number of aryl methyl sites for hydroxylation is 1. The van der Waals surface area contributed by atoms with Crippen molar-refractivity contribution in [2.24, 2.45) is 5.92 Å². The monoisotopic (exact) mass is 365 g/mol. The number of benzene rings is 2. The average molecular weight is 365 g/mol. The number of nitrogens with zero attached hydrogens (tertiary/aromatic N) is 1. The zero-order valence-electron chi connectivity index (χ0n) is 15.7. The summed E-state index contributed by atoms with van der Waals surface area (Å²) < 4.78 is 11.2. The lowest BCUT2D eigenvalue weighted by Gasteiger charge is -2.30.